The van der Waals surface area contributed by atoms with E-state index in [0.717, 1.165) is 13.1 Å². The van der Waals surface area contributed by atoms with Gasteiger partial charge in [-0.25, -0.2) is 8.78 Å². The number of halogens is 2. The monoisotopic (exact) mass is 310 g/mol. The molecule has 1 heterocycles. The predicted octanol–water partition coefficient (Wildman–Crippen LogP) is 1.20. The molecule has 2 aliphatic rings. The van der Waals surface area contributed by atoms with E-state index in [0.29, 0.717) is 26.1 Å². The Labute approximate surface area is 128 Å². The molecule has 120 valence electrons. The molecule has 1 aromatic carbocycles. The van der Waals surface area contributed by atoms with Crippen LogP contribution in [-0.2, 0) is 4.79 Å². The lowest BCUT2D eigenvalue weighted by Crippen LogP contribution is -2.49. The van der Waals surface area contributed by atoms with E-state index in [1.807, 2.05) is 0 Å². The summed E-state index contributed by atoms with van der Waals surface area (Å²) < 4.78 is 27.5. The quantitative estimate of drug-likeness (QED) is 0.909. The fourth-order valence-corrected chi connectivity index (χ4v) is 3.22. The molecule has 1 saturated carbocycles. The summed E-state index contributed by atoms with van der Waals surface area (Å²) in [6.45, 7) is 3.43. The number of rotatable bonds is 4. The number of carbonyl (C=O) groups is 1. The van der Waals surface area contributed by atoms with Gasteiger partial charge < -0.3 is 10.0 Å². The molecule has 1 N–H and O–H groups in total. The lowest BCUT2D eigenvalue weighted by Gasteiger charge is -2.34. The van der Waals surface area contributed by atoms with E-state index in [4.69, 9.17) is 5.11 Å². The average Bonchev–Trinajstić information content (AvgIpc) is 3.28. The van der Waals surface area contributed by atoms with Crippen molar-refractivity contribution in [3.8, 4) is 0 Å². The van der Waals surface area contributed by atoms with Crippen LogP contribution in [0, 0.1) is 17.6 Å². The van der Waals surface area contributed by atoms with E-state index in [-0.39, 0.29) is 29.9 Å². The molecule has 0 aromatic heterocycles. The van der Waals surface area contributed by atoms with Crippen LogP contribution in [0.1, 0.15) is 17.9 Å². The van der Waals surface area contributed by atoms with Gasteiger partial charge >= 0.3 is 0 Å². The van der Waals surface area contributed by atoms with Crippen LogP contribution in [0.15, 0.2) is 18.2 Å². The second kappa shape index (κ2) is 6.30. The fraction of sp³-hybridized carbons (Fsp3) is 0.562. The van der Waals surface area contributed by atoms with E-state index in [2.05, 4.69) is 4.90 Å². The minimum Gasteiger partial charge on any atom is -0.395 e. The Morgan fingerprint density at radius 1 is 1.18 bits per heavy atom. The Morgan fingerprint density at radius 3 is 2.41 bits per heavy atom. The first-order valence-electron chi connectivity index (χ1n) is 7.67. The van der Waals surface area contributed by atoms with Crippen molar-refractivity contribution in [3.63, 3.8) is 0 Å². The highest BCUT2D eigenvalue weighted by atomic mass is 19.1. The summed E-state index contributed by atoms with van der Waals surface area (Å²) in [5.41, 5.74) is 0.0553. The summed E-state index contributed by atoms with van der Waals surface area (Å²) in [6, 6.07) is 3.83. The maximum absolute atomic E-state index is 13.8. The molecule has 3 rings (SSSR count). The average molecular weight is 310 g/mol. The smallest absolute Gasteiger partial charge is 0.226 e. The fourth-order valence-electron chi connectivity index (χ4n) is 3.22. The molecule has 4 nitrogen and oxygen atoms in total. The van der Waals surface area contributed by atoms with Crippen LogP contribution < -0.4 is 0 Å². The zero-order chi connectivity index (χ0) is 15.7. The van der Waals surface area contributed by atoms with Gasteiger partial charge in [0.2, 0.25) is 5.91 Å². The molecule has 1 aliphatic carbocycles. The third-order valence-electron chi connectivity index (χ3n) is 4.58. The van der Waals surface area contributed by atoms with Crippen molar-refractivity contribution in [2.45, 2.75) is 12.3 Å². The summed E-state index contributed by atoms with van der Waals surface area (Å²) in [4.78, 5) is 16.3. The summed E-state index contributed by atoms with van der Waals surface area (Å²) in [5.74, 6) is -1.75. The number of piperazine rings is 1. The highest BCUT2D eigenvalue weighted by Crippen LogP contribution is 2.50. The van der Waals surface area contributed by atoms with Crippen molar-refractivity contribution in [1.29, 1.82) is 0 Å². The normalized spacial score (nSPS) is 25.3. The number of hydrogen-bond donors (Lipinski definition) is 1. The number of nitrogens with zero attached hydrogens (tertiary/aromatic N) is 2. The van der Waals surface area contributed by atoms with Gasteiger partial charge in [-0.05, 0) is 18.6 Å². The predicted molar refractivity (Wildman–Crippen MR) is 77.3 cm³/mol. The summed E-state index contributed by atoms with van der Waals surface area (Å²) >= 11 is 0. The second-order valence-corrected chi connectivity index (χ2v) is 5.97. The van der Waals surface area contributed by atoms with Crippen molar-refractivity contribution in [3.05, 3.63) is 35.4 Å². The number of carbonyl (C=O) groups excluding carboxylic acids is 1. The van der Waals surface area contributed by atoms with Crippen molar-refractivity contribution >= 4 is 5.91 Å². The van der Waals surface area contributed by atoms with Gasteiger partial charge in [-0.2, -0.15) is 0 Å². The first-order valence-corrected chi connectivity index (χ1v) is 7.67. The number of β-amino-alcohol motifs (C(OH)–C–C–N with tert-alkyl or cyclic N) is 1. The van der Waals surface area contributed by atoms with Crippen LogP contribution >= 0.6 is 0 Å². The molecular weight excluding hydrogens is 290 g/mol. The zero-order valence-electron chi connectivity index (χ0n) is 12.3. The van der Waals surface area contributed by atoms with Gasteiger partial charge in [-0.3, -0.25) is 9.69 Å². The highest BCUT2D eigenvalue weighted by molar-refractivity contribution is 5.83. The number of aliphatic hydroxyl groups is 1. The molecule has 2 unspecified atom stereocenters. The van der Waals surface area contributed by atoms with Gasteiger partial charge in [0.05, 0.1) is 6.61 Å². The molecule has 0 spiro atoms. The second-order valence-electron chi connectivity index (χ2n) is 5.97. The van der Waals surface area contributed by atoms with Gasteiger partial charge in [0.1, 0.15) is 11.6 Å². The van der Waals surface area contributed by atoms with Crippen molar-refractivity contribution in [1.82, 2.24) is 9.80 Å². The maximum atomic E-state index is 13.8. The largest absolute Gasteiger partial charge is 0.395 e. The standard InChI is InChI=1S/C16H20F2N2O2/c17-13-2-1-3-14(18)15(13)11-10-12(11)16(22)20-6-4-19(5-7-20)8-9-21/h1-3,11-12,21H,4-10H2. The van der Waals surface area contributed by atoms with E-state index in [1.54, 1.807) is 4.90 Å². The molecular formula is C16H20F2N2O2. The molecule has 2 atom stereocenters. The van der Waals surface area contributed by atoms with Gasteiger partial charge in [0.25, 0.3) is 0 Å². The van der Waals surface area contributed by atoms with Crippen LogP contribution in [-0.4, -0.2) is 60.1 Å². The first kappa shape index (κ1) is 15.4. The zero-order valence-corrected chi connectivity index (χ0v) is 12.3. The minimum absolute atomic E-state index is 0.00342. The van der Waals surface area contributed by atoms with Gasteiger partial charge in [-0.1, -0.05) is 6.07 Å². The van der Waals surface area contributed by atoms with Crippen molar-refractivity contribution in [2.24, 2.45) is 5.92 Å². The lowest BCUT2D eigenvalue weighted by molar-refractivity contribution is -0.134. The Bertz CT molecular complexity index is 539. The maximum Gasteiger partial charge on any atom is 0.226 e. The molecule has 0 radical (unpaired) electrons. The number of benzene rings is 1. The molecule has 1 saturated heterocycles. The summed E-state index contributed by atoms with van der Waals surface area (Å²) in [6.07, 6.45) is 0.521. The van der Waals surface area contributed by atoms with E-state index >= 15 is 0 Å². The summed E-state index contributed by atoms with van der Waals surface area (Å²) in [7, 11) is 0. The van der Waals surface area contributed by atoms with Gasteiger partial charge in [-0.15, -0.1) is 0 Å². The van der Waals surface area contributed by atoms with E-state index < -0.39 is 11.6 Å². The molecule has 1 amide bonds. The van der Waals surface area contributed by atoms with Crippen molar-refractivity contribution < 1.29 is 18.7 Å². The third-order valence-corrected chi connectivity index (χ3v) is 4.58. The molecule has 2 fully saturated rings. The van der Waals surface area contributed by atoms with Crippen LogP contribution in [0.25, 0.3) is 0 Å². The van der Waals surface area contributed by atoms with Gasteiger partial charge in [0, 0.05) is 50.1 Å². The lowest BCUT2D eigenvalue weighted by atomic mass is 10.1. The Balaban J connectivity index is 1.60. The molecule has 1 aliphatic heterocycles. The first-order chi connectivity index (χ1) is 10.6. The number of amides is 1. The van der Waals surface area contributed by atoms with Crippen LogP contribution in [0.2, 0.25) is 0 Å². The molecule has 0 bridgehead atoms. The Morgan fingerprint density at radius 2 is 1.82 bits per heavy atom. The topological polar surface area (TPSA) is 43.8 Å². The van der Waals surface area contributed by atoms with Crippen LogP contribution in [0.5, 0.6) is 0 Å². The van der Waals surface area contributed by atoms with E-state index in [1.165, 1.54) is 18.2 Å². The van der Waals surface area contributed by atoms with Crippen LogP contribution in [0.3, 0.4) is 0 Å². The highest BCUT2D eigenvalue weighted by Gasteiger charge is 2.48. The van der Waals surface area contributed by atoms with E-state index in [9.17, 15) is 13.6 Å². The van der Waals surface area contributed by atoms with Crippen LogP contribution in [0.4, 0.5) is 8.78 Å². The Kier molecular flexibility index (Phi) is 4.40. The Hall–Kier alpha value is -1.53. The molecule has 1 aromatic rings. The number of aliphatic hydroxyl groups excluding tert-OH is 1. The van der Waals surface area contributed by atoms with Crippen molar-refractivity contribution in [2.75, 3.05) is 39.3 Å². The molecule has 6 heteroatoms. The number of hydrogen-bond acceptors (Lipinski definition) is 3. The summed E-state index contributed by atoms with van der Waals surface area (Å²) in [5, 5.41) is 8.91. The van der Waals surface area contributed by atoms with Gasteiger partial charge in [0.15, 0.2) is 0 Å². The third kappa shape index (κ3) is 2.98. The SMILES string of the molecule is O=C(C1CC1c1c(F)cccc1F)N1CCN(CCO)CC1. The minimum atomic E-state index is -0.562. The molecule has 22 heavy (non-hydrogen) atoms.